The molecule has 0 amide bonds. The second-order valence-electron chi connectivity index (χ2n) is 4.77. The van der Waals surface area contributed by atoms with Gasteiger partial charge in [0, 0.05) is 19.6 Å². The monoisotopic (exact) mass is 246 g/mol. The largest absolute Gasteiger partial charge is 0.356 e. The lowest BCUT2D eigenvalue weighted by Crippen LogP contribution is -2.21. The fraction of sp³-hybridized carbons (Fsp3) is 0.583. The molecule has 1 fully saturated rings. The molecule has 0 radical (unpaired) electrons. The molecular formula is C12H18N6. The van der Waals surface area contributed by atoms with Gasteiger partial charge < -0.3 is 10.2 Å². The van der Waals surface area contributed by atoms with Gasteiger partial charge in [-0.25, -0.2) is 0 Å². The average Bonchev–Trinajstić information content (AvgIpc) is 3.13. The van der Waals surface area contributed by atoms with Gasteiger partial charge >= 0.3 is 0 Å². The molecule has 2 aromatic heterocycles. The summed E-state index contributed by atoms with van der Waals surface area (Å²) in [5.74, 6) is 1.64. The SMILES string of the molecule is CCCNc1nc(N(C)C2CC2)c2cn[nH]c2n1. The molecule has 18 heavy (non-hydrogen) atoms. The highest BCUT2D eigenvalue weighted by molar-refractivity contribution is 5.87. The molecule has 0 aromatic carbocycles. The molecule has 6 heteroatoms. The summed E-state index contributed by atoms with van der Waals surface area (Å²) < 4.78 is 0. The molecule has 0 spiro atoms. The Hall–Kier alpha value is -1.85. The van der Waals surface area contributed by atoms with Crippen molar-refractivity contribution in [3.05, 3.63) is 6.20 Å². The van der Waals surface area contributed by atoms with Crippen LogP contribution >= 0.6 is 0 Å². The number of fused-ring (bicyclic) bond motifs is 1. The van der Waals surface area contributed by atoms with Gasteiger partial charge in [0.25, 0.3) is 0 Å². The molecule has 2 heterocycles. The topological polar surface area (TPSA) is 69.7 Å². The molecule has 6 nitrogen and oxygen atoms in total. The lowest BCUT2D eigenvalue weighted by molar-refractivity contribution is 0.889. The molecule has 0 atom stereocenters. The first-order valence-electron chi connectivity index (χ1n) is 6.47. The molecule has 2 aromatic rings. The van der Waals surface area contributed by atoms with Crippen molar-refractivity contribution in [1.82, 2.24) is 20.2 Å². The van der Waals surface area contributed by atoms with Crippen LogP contribution in [-0.4, -0.2) is 39.8 Å². The Kier molecular flexibility index (Phi) is 2.77. The van der Waals surface area contributed by atoms with E-state index in [2.05, 4.69) is 44.4 Å². The number of aromatic amines is 1. The van der Waals surface area contributed by atoms with Crippen LogP contribution in [0.15, 0.2) is 6.20 Å². The van der Waals surface area contributed by atoms with Gasteiger partial charge in [0.15, 0.2) is 5.65 Å². The number of nitrogens with one attached hydrogen (secondary N) is 2. The Morgan fingerprint density at radius 1 is 1.44 bits per heavy atom. The molecule has 0 saturated heterocycles. The van der Waals surface area contributed by atoms with Crippen molar-refractivity contribution in [2.24, 2.45) is 0 Å². The van der Waals surface area contributed by atoms with Crippen LogP contribution in [0.25, 0.3) is 11.0 Å². The summed E-state index contributed by atoms with van der Waals surface area (Å²) in [6.45, 7) is 3.01. The second-order valence-corrected chi connectivity index (χ2v) is 4.77. The van der Waals surface area contributed by atoms with E-state index in [0.717, 1.165) is 29.8 Å². The zero-order valence-corrected chi connectivity index (χ0v) is 10.8. The molecule has 96 valence electrons. The van der Waals surface area contributed by atoms with E-state index in [0.29, 0.717) is 12.0 Å². The molecule has 0 bridgehead atoms. The fourth-order valence-corrected chi connectivity index (χ4v) is 2.04. The number of nitrogens with zero attached hydrogens (tertiary/aromatic N) is 4. The lowest BCUT2D eigenvalue weighted by Gasteiger charge is -2.18. The average molecular weight is 246 g/mol. The molecule has 3 rings (SSSR count). The summed E-state index contributed by atoms with van der Waals surface area (Å²) >= 11 is 0. The quantitative estimate of drug-likeness (QED) is 0.841. The molecule has 2 N–H and O–H groups in total. The standard InChI is InChI=1S/C12H18N6/c1-3-6-13-12-15-10-9(7-14-17-10)11(16-12)18(2)8-4-5-8/h7-8H,3-6H2,1-2H3,(H2,13,14,15,16,17). The van der Waals surface area contributed by atoms with Gasteiger partial charge in [0.1, 0.15) is 5.82 Å². The highest BCUT2D eigenvalue weighted by atomic mass is 15.3. The fourth-order valence-electron chi connectivity index (χ4n) is 2.04. The molecule has 1 saturated carbocycles. The maximum Gasteiger partial charge on any atom is 0.226 e. The van der Waals surface area contributed by atoms with Crippen molar-refractivity contribution in [2.75, 3.05) is 23.8 Å². The van der Waals surface area contributed by atoms with Crippen molar-refractivity contribution < 1.29 is 0 Å². The van der Waals surface area contributed by atoms with E-state index in [-0.39, 0.29) is 0 Å². The number of H-pyrrole nitrogens is 1. The van der Waals surface area contributed by atoms with Crippen molar-refractivity contribution in [2.45, 2.75) is 32.2 Å². The van der Waals surface area contributed by atoms with Gasteiger partial charge in [-0.3, -0.25) is 5.10 Å². The van der Waals surface area contributed by atoms with E-state index in [1.807, 2.05) is 0 Å². The van der Waals surface area contributed by atoms with Crippen LogP contribution in [0.4, 0.5) is 11.8 Å². The Morgan fingerprint density at radius 3 is 3.00 bits per heavy atom. The lowest BCUT2D eigenvalue weighted by atomic mass is 10.3. The summed E-state index contributed by atoms with van der Waals surface area (Å²) in [6, 6.07) is 0.622. The summed E-state index contributed by atoms with van der Waals surface area (Å²) in [7, 11) is 2.09. The van der Waals surface area contributed by atoms with E-state index in [9.17, 15) is 0 Å². The minimum absolute atomic E-state index is 0.622. The Labute approximate surface area is 106 Å². The van der Waals surface area contributed by atoms with Crippen LogP contribution in [-0.2, 0) is 0 Å². The van der Waals surface area contributed by atoms with E-state index in [1.165, 1.54) is 12.8 Å². The summed E-state index contributed by atoms with van der Waals surface area (Å²) in [5, 5.41) is 11.2. The van der Waals surface area contributed by atoms with E-state index >= 15 is 0 Å². The van der Waals surface area contributed by atoms with Crippen molar-refractivity contribution in [3.63, 3.8) is 0 Å². The van der Waals surface area contributed by atoms with Gasteiger partial charge in [0.05, 0.1) is 11.6 Å². The van der Waals surface area contributed by atoms with Crippen LogP contribution in [0.2, 0.25) is 0 Å². The van der Waals surface area contributed by atoms with E-state index in [1.54, 1.807) is 6.20 Å². The Balaban J connectivity index is 2.00. The number of hydrogen-bond donors (Lipinski definition) is 2. The van der Waals surface area contributed by atoms with Crippen LogP contribution < -0.4 is 10.2 Å². The number of rotatable bonds is 5. The first-order chi connectivity index (χ1) is 8.79. The third-order valence-electron chi connectivity index (χ3n) is 3.25. The van der Waals surface area contributed by atoms with Crippen molar-refractivity contribution >= 4 is 22.8 Å². The Bertz CT molecular complexity index is 544. The summed E-state index contributed by atoms with van der Waals surface area (Å²) in [6.07, 6.45) is 5.35. The highest BCUT2D eigenvalue weighted by Gasteiger charge is 2.28. The Morgan fingerprint density at radius 2 is 2.28 bits per heavy atom. The van der Waals surface area contributed by atoms with Gasteiger partial charge in [-0.05, 0) is 19.3 Å². The third kappa shape index (κ3) is 1.98. The number of hydrogen-bond acceptors (Lipinski definition) is 5. The predicted molar refractivity (Wildman–Crippen MR) is 71.9 cm³/mol. The van der Waals surface area contributed by atoms with Gasteiger partial charge in [-0.2, -0.15) is 15.1 Å². The first-order valence-corrected chi connectivity index (χ1v) is 6.47. The molecule has 0 unspecified atom stereocenters. The van der Waals surface area contributed by atoms with E-state index < -0.39 is 0 Å². The molecule has 1 aliphatic carbocycles. The predicted octanol–water partition coefficient (Wildman–Crippen LogP) is 1.77. The summed E-state index contributed by atoms with van der Waals surface area (Å²) in [5.41, 5.74) is 0.797. The molecule has 0 aliphatic heterocycles. The highest BCUT2D eigenvalue weighted by Crippen LogP contribution is 2.32. The number of anilines is 2. The van der Waals surface area contributed by atoms with Gasteiger partial charge in [0.2, 0.25) is 5.95 Å². The van der Waals surface area contributed by atoms with Gasteiger partial charge in [-0.1, -0.05) is 6.92 Å². The first kappa shape index (κ1) is 11.3. The molecule has 1 aliphatic rings. The smallest absolute Gasteiger partial charge is 0.226 e. The van der Waals surface area contributed by atoms with Crippen LogP contribution in [0, 0.1) is 0 Å². The minimum Gasteiger partial charge on any atom is -0.356 e. The number of aromatic nitrogens is 4. The normalized spacial score (nSPS) is 15.0. The van der Waals surface area contributed by atoms with Crippen LogP contribution in [0.3, 0.4) is 0 Å². The maximum absolute atomic E-state index is 4.62. The van der Waals surface area contributed by atoms with Crippen molar-refractivity contribution in [3.8, 4) is 0 Å². The van der Waals surface area contributed by atoms with Gasteiger partial charge in [-0.15, -0.1) is 0 Å². The van der Waals surface area contributed by atoms with E-state index in [4.69, 9.17) is 0 Å². The van der Waals surface area contributed by atoms with Crippen molar-refractivity contribution in [1.29, 1.82) is 0 Å². The zero-order chi connectivity index (χ0) is 12.5. The maximum atomic E-state index is 4.62. The summed E-state index contributed by atoms with van der Waals surface area (Å²) in [4.78, 5) is 11.3. The third-order valence-corrected chi connectivity index (χ3v) is 3.25. The van der Waals surface area contributed by atoms with Crippen LogP contribution in [0.1, 0.15) is 26.2 Å². The minimum atomic E-state index is 0.622. The molecular weight excluding hydrogens is 228 g/mol. The second kappa shape index (κ2) is 4.44. The zero-order valence-electron chi connectivity index (χ0n) is 10.8. The van der Waals surface area contributed by atoms with Crippen LogP contribution in [0.5, 0.6) is 0 Å².